The number of carbonyl (C=O) groups is 2. The van der Waals surface area contributed by atoms with E-state index in [2.05, 4.69) is 24.1 Å². The molecule has 1 N–H and O–H groups in total. The van der Waals surface area contributed by atoms with Gasteiger partial charge >= 0.3 is 0 Å². The number of halogens is 1. The van der Waals surface area contributed by atoms with Crippen LogP contribution in [0.25, 0.3) is 6.08 Å². The van der Waals surface area contributed by atoms with Crippen molar-refractivity contribution in [2.45, 2.75) is 25.2 Å². The fourth-order valence-corrected chi connectivity index (χ4v) is 4.69. The van der Waals surface area contributed by atoms with Crippen LogP contribution < -0.4 is 10.2 Å². The number of hydrogen-bond acceptors (Lipinski definition) is 4. The largest absolute Gasteiger partial charge is 0.355 e. The fourth-order valence-electron chi connectivity index (χ4n) is 3.44. The number of thioether (sulfide) groups is 1. The zero-order valence-corrected chi connectivity index (χ0v) is 19.5. The highest BCUT2D eigenvalue weighted by Crippen LogP contribution is 2.41. The van der Waals surface area contributed by atoms with Gasteiger partial charge in [-0.2, -0.15) is 0 Å². The van der Waals surface area contributed by atoms with Crippen molar-refractivity contribution in [2.75, 3.05) is 37.6 Å². The van der Waals surface area contributed by atoms with Crippen molar-refractivity contribution in [3.05, 3.63) is 64.0 Å². The quantitative estimate of drug-likeness (QED) is 0.439. The van der Waals surface area contributed by atoms with Crippen molar-refractivity contribution in [2.24, 2.45) is 0 Å². The van der Waals surface area contributed by atoms with Gasteiger partial charge in [-0.05, 0) is 62.0 Å². The summed E-state index contributed by atoms with van der Waals surface area (Å²) in [5.74, 6) is -0.335. The van der Waals surface area contributed by atoms with E-state index in [4.69, 9.17) is 11.6 Å². The van der Waals surface area contributed by atoms with E-state index in [0.29, 0.717) is 16.5 Å². The number of nitrogens with one attached hydrogen (secondary N) is 1. The molecule has 1 aliphatic rings. The van der Waals surface area contributed by atoms with E-state index in [1.807, 2.05) is 48.5 Å². The lowest BCUT2D eigenvalue weighted by Gasteiger charge is -2.30. The number of carbonyl (C=O) groups excluding carboxylic acids is 2. The van der Waals surface area contributed by atoms with Crippen LogP contribution in [-0.2, 0) is 9.59 Å². The monoisotopic (exact) mass is 457 g/mol. The summed E-state index contributed by atoms with van der Waals surface area (Å²) in [6, 6.07) is 15.0. The highest BCUT2D eigenvalue weighted by atomic mass is 35.5. The number of anilines is 1. The Balaban J connectivity index is 1.71. The first-order chi connectivity index (χ1) is 15.0. The molecule has 3 rings (SSSR count). The number of amides is 2. The smallest absolute Gasteiger partial charge is 0.265 e. The van der Waals surface area contributed by atoms with Gasteiger partial charge in [-0.25, -0.2) is 0 Å². The SMILES string of the molecule is CCN(CC)CCCNC(=O)CN1C(=O)C(=Cc2cccc(Cl)c2)Sc2ccccc21. The molecular weight excluding hydrogens is 430 g/mol. The molecule has 0 spiro atoms. The summed E-state index contributed by atoms with van der Waals surface area (Å²) < 4.78 is 0. The Morgan fingerprint density at radius 2 is 1.94 bits per heavy atom. The highest BCUT2D eigenvalue weighted by molar-refractivity contribution is 8.04. The molecule has 164 valence electrons. The molecule has 0 radical (unpaired) electrons. The Labute approximate surface area is 193 Å². The third-order valence-corrected chi connectivity index (χ3v) is 6.46. The van der Waals surface area contributed by atoms with Crippen LogP contribution in [-0.4, -0.2) is 49.4 Å². The maximum atomic E-state index is 13.2. The first-order valence-corrected chi connectivity index (χ1v) is 11.8. The van der Waals surface area contributed by atoms with E-state index in [0.717, 1.165) is 42.2 Å². The van der Waals surface area contributed by atoms with E-state index >= 15 is 0 Å². The summed E-state index contributed by atoms with van der Waals surface area (Å²) in [4.78, 5) is 31.2. The maximum Gasteiger partial charge on any atom is 0.265 e. The van der Waals surface area contributed by atoms with Gasteiger partial charge in [0, 0.05) is 16.5 Å². The first-order valence-electron chi connectivity index (χ1n) is 10.6. The van der Waals surface area contributed by atoms with Crippen molar-refractivity contribution in [3.63, 3.8) is 0 Å². The summed E-state index contributed by atoms with van der Waals surface area (Å²) in [6.45, 7) is 7.81. The second-order valence-corrected chi connectivity index (χ2v) is 8.78. The van der Waals surface area contributed by atoms with Crippen molar-refractivity contribution >= 4 is 46.9 Å². The van der Waals surface area contributed by atoms with Gasteiger partial charge in [-0.15, -0.1) is 0 Å². The van der Waals surface area contributed by atoms with Crippen molar-refractivity contribution in [3.8, 4) is 0 Å². The second-order valence-electron chi connectivity index (χ2n) is 7.26. The minimum absolute atomic E-state index is 0.00539. The van der Waals surface area contributed by atoms with Gasteiger partial charge in [0.15, 0.2) is 0 Å². The number of benzene rings is 2. The Kier molecular flexibility index (Phi) is 8.58. The molecule has 0 saturated carbocycles. The molecule has 0 saturated heterocycles. The van der Waals surface area contributed by atoms with Crippen LogP contribution in [0.1, 0.15) is 25.8 Å². The van der Waals surface area contributed by atoms with Gasteiger partial charge in [-0.1, -0.05) is 61.5 Å². The molecule has 0 fully saturated rings. The minimum Gasteiger partial charge on any atom is -0.355 e. The Hall–Kier alpha value is -2.28. The predicted molar refractivity (Wildman–Crippen MR) is 129 cm³/mol. The zero-order chi connectivity index (χ0) is 22.2. The van der Waals surface area contributed by atoms with E-state index in [1.165, 1.54) is 11.8 Å². The van der Waals surface area contributed by atoms with Crippen LogP contribution in [0.2, 0.25) is 5.02 Å². The topological polar surface area (TPSA) is 52.7 Å². The van der Waals surface area contributed by atoms with Crippen LogP contribution in [0.3, 0.4) is 0 Å². The average molecular weight is 458 g/mol. The lowest BCUT2D eigenvalue weighted by molar-refractivity contribution is -0.122. The second kappa shape index (κ2) is 11.4. The van der Waals surface area contributed by atoms with E-state index in [-0.39, 0.29) is 18.4 Å². The molecule has 5 nitrogen and oxygen atoms in total. The van der Waals surface area contributed by atoms with Crippen molar-refractivity contribution < 1.29 is 9.59 Å². The molecule has 1 aliphatic heterocycles. The molecule has 2 aromatic rings. The molecule has 2 aromatic carbocycles. The molecule has 31 heavy (non-hydrogen) atoms. The Morgan fingerprint density at radius 3 is 2.68 bits per heavy atom. The van der Waals surface area contributed by atoms with Crippen LogP contribution in [0.15, 0.2) is 58.3 Å². The van der Waals surface area contributed by atoms with Crippen molar-refractivity contribution in [1.29, 1.82) is 0 Å². The van der Waals surface area contributed by atoms with Crippen LogP contribution >= 0.6 is 23.4 Å². The minimum atomic E-state index is -0.179. The highest BCUT2D eigenvalue weighted by Gasteiger charge is 2.30. The molecule has 7 heteroatoms. The van der Waals surface area contributed by atoms with Crippen LogP contribution in [0, 0.1) is 0 Å². The van der Waals surface area contributed by atoms with Crippen LogP contribution in [0.4, 0.5) is 5.69 Å². The molecule has 0 aliphatic carbocycles. The predicted octanol–water partition coefficient (Wildman–Crippen LogP) is 4.67. The van der Waals surface area contributed by atoms with Crippen LogP contribution in [0.5, 0.6) is 0 Å². The Bertz CT molecular complexity index is 959. The molecule has 0 unspecified atom stereocenters. The summed E-state index contributed by atoms with van der Waals surface area (Å²) in [5.41, 5.74) is 1.61. The summed E-state index contributed by atoms with van der Waals surface area (Å²) in [6.07, 6.45) is 2.71. The van der Waals surface area contributed by atoms with Gasteiger partial charge in [0.2, 0.25) is 5.91 Å². The molecular formula is C24H28ClN3O2S. The fraction of sp³-hybridized carbons (Fsp3) is 0.333. The van der Waals surface area contributed by atoms with E-state index in [1.54, 1.807) is 11.0 Å². The maximum absolute atomic E-state index is 13.2. The van der Waals surface area contributed by atoms with E-state index < -0.39 is 0 Å². The van der Waals surface area contributed by atoms with Gasteiger partial charge in [0.05, 0.1) is 10.6 Å². The third kappa shape index (κ3) is 6.35. The number of nitrogens with zero attached hydrogens (tertiary/aromatic N) is 2. The lowest BCUT2D eigenvalue weighted by Crippen LogP contribution is -2.43. The molecule has 0 aromatic heterocycles. The molecule has 0 bridgehead atoms. The lowest BCUT2D eigenvalue weighted by atomic mass is 10.2. The average Bonchev–Trinajstić information content (AvgIpc) is 2.77. The summed E-state index contributed by atoms with van der Waals surface area (Å²) >= 11 is 7.50. The van der Waals surface area contributed by atoms with E-state index in [9.17, 15) is 9.59 Å². The number of rotatable bonds is 9. The summed E-state index contributed by atoms with van der Waals surface area (Å²) in [5, 5.41) is 3.57. The van der Waals surface area contributed by atoms with Gasteiger partial charge in [-0.3, -0.25) is 14.5 Å². The van der Waals surface area contributed by atoms with Gasteiger partial charge in [0.25, 0.3) is 5.91 Å². The standard InChI is InChI=1S/C24H28ClN3O2S/c1-3-27(4-2)14-8-13-26-23(29)17-28-20-11-5-6-12-21(20)31-22(24(28)30)16-18-9-7-10-19(25)15-18/h5-7,9-12,15-16H,3-4,8,13-14,17H2,1-2H3,(H,26,29). The Morgan fingerprint density at radius 1 is 1.16 bits per heavy atom. The van der Waals surface area contributed by atoms with Crippen molar-refractivity contribution in [1.82, 2.24) is 10.2 Å². The summed E-state index contributed by atoms with van der Waals surface area (Å²) in [7, 11) is 0. The molecule has 2 amide bonds. The third-order valence-electron chi connectivity index (χ3n) is 5.15. The zero-order valence-electron chi connectivity index (χ0n) is 17.9. The molecule has 1 heterocycles. The number of hydrogen-bond donors (Lipinski definition) is 1. The number of para-hydroxylation sites is 1. The molecule has 0 atom stereocenters. The normalized spacial score (nSPS) is 14.8. The first kappa shape index (κ1) is 23.4. The number of fused-ring (bicyclic) bond motifs is 1. The van der Waals surface area contributed by atoms with Gasteiger partial charge < -0.3 is 10.2 Å². The van der Waals surface area contributed by atoms with Gasteiger partial charge in [0.1, 0.15) is 6.54 Å².